The highest BCUT2D eigenvalue weighted by atomic mass is 32.2. The Labute approximate surface area is 117 Å². The van der Waals surface area contributed by atoms with Crippen molar-refractivity contribution in [1.82, 2.24) is 15.3 Å². The van der Waals surface area contributed by atoms with Gasteiger partial charge < -0.3 is 15.4 Å². The number of aryl methyl sites for hydroxylation is 1. The minimum Gasteiger partial charge on any atom is -0.391 e. The smallest absolute Gasteiger partial charge is 0.251 e. The molecule has 6 heteroatoms. The van der Waals surface area contributed by atoms with Crippen LogP contribution in [0.1, 0.15) is 31.9 Å². The lowest BCUT2D eigenvalue weighted by Gasteiger charge is -2.10. The predicted molar refractivity (Wildman–Crippen MR) is 76.6 cm³/mol. The highest BCUT2D eigenvalue weighted by Crippen LogP contribution is 2.19. The number of aromatic nitrogens is 2. The zero-order chi connectivity index (χ0) is 13.7. The third-order valence-electron chi connectivity index (χ3n) is 2.91. The maximum absolute atomic E-state index is 11.5. The van der Waals surface area contributed by atoms with E-state index in [4.69, 9.17) is 0 Å². The number of thioether (sulfide) groups is 1. The SMILES string of the molecule is CCCc1cc(=O)[nH]c(SCC(O)CNC2CC2)n1. The Morgan fingerprint density at radius 2 is 2.42 bits per heavy atom. The van der Waals surface area contributed by atoms with Gasteiger partial charge in [-0.2, -0.15) is 0 Å². The molecule has 1 fully saturated rings. The molecule has 1 saturated carbocycles. The molecule has 1 aliphatic carbocycles. The number of aromatic amines is 1. The van der Waals surface area contributed by atoms with Gasteiger partial charge in [0.2, 0.25) is 0 Å². The van der Waals surface area contributed by atoms with Crippen LogP contribution in [0.25, 0.3) is 0 Å². The van der Waals surface area contributed by atoms with Gasteiger partial charge in [0, 0.05) is 30.1 Å². The molecule has 0 aromatic carbocycles. The Hall–Kier alpha value is -0.850. The number of hydrogen-bond acceptors (Lipinski definition) is 5. The third kappa shape index (κ3) is 5.34. The minimum absolute atomic E-state index is 0.119. The summed E-state index contributed by atoms with van der Waals surface area (Å²) in [5.74, 6) is 0.540. The summed E-state index contributed by atoms with van der Waals surface area (Å²) in [7, 11) is 0. The van der Waals surface area contributed by atoms with E-state index < -0.39 is 6.10 Å². The van der Waals surface area contributed by atoms with Gasteiger partial charge in [-0.1, -0.05) is 25.1 Å². The highest BCUT2D eigenvalue weighted by Gasteiger charge is 2.21. The van der Waals surface area contributed by atoms with E-state index >= 15 is 0 Å². The number of hydrogen-bond donors (Lipinski definition) is 3. The van der Waals surface area contributed by atoms with Crippen molar-refractivity contribution in [2.75, 3.05) is 12.3 Å². The number of H-pyrrole nitrogens is 1. The van der Waals surface area contributed by atoms with Crippen molar-refractivity contribution in [3.8, 4) is 0 Å². The van der Waals surface area contributed by atoms with E-state index in [0.717, 1.165) is 18.5 Å². The van der Waals surface area contributed by atoms with Crippen LogP contribution in [0.15, 0.2) is 16.0 Å². The molecule has 0 spiro atoms. The standard InChI is InChI=1S/C13H21N3O2S/c1-2-3-10-6-12(18)16-13(15-10)19-8-11(17)7-14-9-4-5-9/h6,9,11,14,17H,2-5,7-8H2,1H3,(H,15,16,18). The summed E-state index contributed by atoms with van der Waals surface area (Å²) < 4.78 is 0. The summed E-state index contributed by atoms with van der Waals surface area (Å²) in [6.07, 6.45) is 3.80. The Kier molecular flexibility index (Phi) is 5.42. The molecule has 1 aromatic rings. The summed E-state index contributed by atoms with van der Waals surface area (Å²) in [4.78, 5) is 18.6. The largest absolute Gasteiger partial charge is 0.391 e. The van der Waals surface area contributed by atoms with Crippen LogP contribution in [0, 0.1) is 0 Å². The lowest BCUT2D eigenvalue weighted by Crippen LogP contribution is -2.30. The topological polar surface area (TPSA) is 78.0 Å². The molecule has 0 aliphatic heterocycles. The fraction of sp³-hybridized carbons (Fsp3) is 0.692. The molecular formula is C13H21N3O2S. The summed E-state index contributed by atoms with van der Waals surface area (Å²) >= 11 is 1.40. The second-order valence-electron chi connectivity index (χ2n) is 4.94. The number of rotatable bonds is 8. The van der Waals surface area contributed by atoms with Gasteiger partial charge in [-0.25, -0.2) is 4.98 Å². The first-order valence-electron chi connectivity index (χ1n) is 6.82. The molecular weight excluding hydrogens is 262 g/mol. The molecule has 1 unspecified atom stereocenters. The second kappa shape index (κ2) is 7.07. The van der Waals surface area contributed by atoms with Crippen molar-refractivity contribution >= 4 is 11.8 Å². The van der Waals surface area contributed by atoms with Crippen LogP contribution in [0.2, 0.25) is 0 Å². The van der Waals surface area contributed by atoms with E-state index in [1.54, 1.807) is 6.07 Å². The Balaban J connectivity index is 1.81. The lowest BCUT2D eigenvalue weighted by atomic mass is 10.2. The fourth-order valence-corrected chi connectivity index (χ4v) is 2.58. The average molecular weight is 283 g/mol. The van der Waals surface area contributed by atoms with Crippen molar-refractivity contribution in [3.63, 3.8) is 0 Å². The number of aliphatic hydroxyl groups excluding tert-OH is 1. The van der Waals surface area contributed by atoms with Gasteiger partial charge in [0.1, 0.15) is 0 Å². The van der Waals surface area contributed by atoms with Crippen LogP contribution in [0.5, 0.6) is 0 Å². The van der Waals surface area contributed by atoms with Gasteiger partial charge >= 0.3 is 0 Å². The molecule has 1 aromatic heterocycles. The molecule has 1 heterocycles. The van der Waals surface area contributed by atoms with Gasteiger partial charge in [0.25, 0.3) is 5.56 Å². The van der Waals surface area contributed by atoms with Gasteiger partial charge in [0.05, 0.1) is 6.10 Å². The Bertz CT molecular complexity index is 459. The van der Waals surface area contributed by atoms with Crippen LogP contribution in [-0.2, 0) is 6.42 Å². The van der Waals surface area contributed by atoms with Crippen LogP contribution in [0.3, 0.4) is 0 Å². The molecule has 3 N–H and O–H groups in total. The lowest BCUT2D eigenvalue weighted by molar-refractivity contribution is 0.195. The Morgan fingerprint density at radius 1 is 1.63 bits per heavy atom. The summed E-state index contributed by atoms with van der Waals surface area (Å²) in [5, 5.41) is 13.7. The summed E-state index contributed by atoms with van der Waals surface area (Å²) in [6, 6.07) is 2.14. The molecule has 0 saturated heterocycles. The average Bonchev–Trinajstić information content (AvgIpc) is 3.18. The fourth-order valence-electron chi connectivity index (χ4n) is 1.76. The maximum atomic E-state index is 11.5. The molecule has 2 rings (SSSR count). The quantitative estimate of drug-likeness (QED) is 0.488. The van der Waals surface area contributed by atoms with E-state index in [1.165, 1.54) is 24.6 Å². The first-order chi connectivity index (χ1) is 9.17. The molecule has 19 heavy (non-hydrogen) atoms. The van der Waals surface area contributed by atoms with Gasteiger partial charge in [-0.3, -0.25) is 4.79 Å². The normalized spacial score (nSPS) is 16.5. The molecule has 106 valence electrons. The first kappa shape index (κ1) is 14.6. The number of aliphatic hydroxyl groups is 1. The van der Waals surface area contributed by atoms with Crippen LogP contribution in [0.4, 0.5) is 0 Å². The van der Waals surface area contributed by atoms with Gasteiger partial charge in [-0.15, -0.1) is 0 Å². The summed E-state index contributed by atoms with van der Waals surface area (Å²) in [6.45, 7) is 2.67. The first-order valence-corrected chi connectivity index (χ1v) is 7.80. The van der Waals surface area contributed by atoms with E-state index in [1.807, 2.05) is 0 Å². The van der Waals surface area contributed by atoms with Crippen LogP contribution >= 0.6 is 11.8 Å². The van der Waals surface area contributed by atoms with Crippen LogP contribution < -0.4 is 10.9 Å². The predicted octanol–water partition coefficient (Wildman–Crippen LogP) is 0.927. The van der Waals surface area contributed by atoms with Gasteiger partial charge in [0.15, 0.2) is 5.16 Å². The second-order valence-corrected chi connectivity index (χ2v) is 5.95. The monoisotopic (exact) mass is 283 g/mol. The van der Waals surface area contributed by atoms with E-state index in [-0.39, 0.29) is 5.56 Å². The molecule has 0 amide bonds. The van der Waals surface area contributed by atoms with E-state index in [0.29, 0.717) is 23.5 Å². The molecule has 1 aliphatic rings. The molecule has 5 nitrogen and oxygen atoms in total. The Morgan fingerprint density at radius 3 is 3.11 bits per heavy atom. The van der Waals surface area contributed by atoms with E-state index in [9.17, 15) is 9.90 Å². The van der Waals surface area contributed by atoms with Crippen LogP contribution in [-0.4, -0.2) is 39.5 Å². The van der Waals surface area contributed by atoms with Crippen molar-refractivity contribution in [1.29, 1.82) is 0 Å². The van der Waals surface area contributed by atoms with Crippen molar-refractivity contribution in [3.05, 3.63) is 22.1 Å². The zero-order valence-corrected chi connectivity index (χ0v) is 12.0. The third-order valence-corrected chi connectivity index (χ3v) is 3.93. The number of nitrogens with one attached hydrogen (secondary N) is 2. The number of nitrogens with zero attached hydrogens (tertiary/aromatic N) is 1. The zero-order valence-electron chi connectivity index (χ0n) is 11.2. The summed E-state index contributed by atoms with van der Waals surface area (Å²) in [5.41, 5.74) is 0.700. The minimum atomic E-state index is -0.411. The van der Waals surface area contributed by atoms with Crippen molar-refractivity contribution in [2.24, 2.45) is 0 Å². The molecule has 0 radical (unpaired) electrons. The molecule has 0 bridgehead atoms. The van der Waals surface area contributed by atoms with Gasteiger partial charge in [-0.05, 0) is 19.3 Å². The van der Waals surface area contributed by atoms with Crippen molar-refractivity contribution in [2.45, 2.75) is 49.9 Å². The van der Waals surface area contributed by atoms with E-state index in [2.05, 4.69) is 22.2 Å². The van der Waals surface area contributed by atoms with Crippen molar-refractivity contribution < 1.29 is 5.11 Å². The highest BCUT2D eigenvalue weighted by molar-refractivity contribution is 7.99. The maximum Gasteiger partial charge on any atom is 0.251 e. The molecule has 1 atom stereocenters.